The molecule has 2 aliphatic rings. The maximum absolute atomic E-state index is 5.24. The van der Waals surface area contributed by atoms with Crippen LogP contribution < -0.4 is 0 Å². The van der Waals surface area contributed by atoms with E-state index in [1.54, 1.807) is 11.3 Å². The normalized spacial score (nSPS) is 14.7. The van der Waals surface area contributed by atoms with Crippen molar-refractivity contribution in [2.24, 2.45) is 0 Å². The fourth-order valence-electron chi connectivity index (χ4n) is 9.76. The Hall–Kier alpha value is -8.52. The molecular formula is C60H38N6S. The molecule has 6 nitrogen and oxygen atoms in total. The summed E-state index contributed by atoms with van der Waals surface area (Å²) in [5.41, 5.74) is 12.9. The van der Waals surface area contributed by atoms with Crippen molar-refractivity contribution in [2.75, 3.05) is 0 Å². The second-order valence-corrected chi connectivity index (χ2v) is 18.1. The van der Waals surface area contributed by atoms with Gasteiger partial charge >= 0.3 is 0 Å². The Kier molecular flexibility index (Phi) is 9.39. The molecule has 0 bridgehead atoms. The van der Waals surface area contributed by atoms with E-state index in [2.05, 4.69) is 140 Å². The van der Waals surface area contributed by atoms with Crippen molar-refractivity contribution in [1.29, 1.82) is 0 Å². The highest BCUT2D eigenvalue weighted by atomic mass is 32.1. The van der Waals surface area contributed by atoms with Crippen LogP contribution >= 0.6 is 11.3 Å². The van der Waals surface area contributed by atoms with Gasteiger partial charge in [-0.15, -0.1) is 11.3 Å². The Bertz CT molecular complexity index is 3710. The molecule has 0 saturated carbocycles. The Balaban J connectivity index is 0.923. The van der Waals surface area contributed by atoms with Gasteiger partial charge in [0.05, 0.1) is 0 Å². The molecule has 3 aromatic heterocycles. The number of thiophene rings is 1. The molecule has 0 spiro atoms. The molecule has 0 saturated heterocycles. The van der Waals surface area contributed by atoms with Gasteiger partial charge in [0.2, 0.25) is 0 Å². The zero-order chi connectivity index (χ0) is 44.3. The van der Waals surface area contributed by atoms with Crippen LogP contribution in [-0.2, 0) is 0 Å². The van der Waals surface area contributed by atoms with Gasteiger partial charge in [0.1, 0.15) is 0 Å². The van der Waals surface area contributed by atoms with Gasteiger partial charge in [-0.1, -0.05) is 188 Å². The van der Waals surface area contributed by atoms with Crippen LogP contribution in [-0.4, -0.2) is 29.9 Å². The van der Waals surface area contributed by atoms with Crippen molar-refractivity contribution in [3.63, 3.8) is 0 Å². The monoisotopic (exact) mass is 874 g/mol. The minimum absolute atomic E-state index is 0.280. The number of hydrogen-bond acceptors (Lipinski definition) is 7. The molecule has 67 heavy (non-hydrogen) atoms. The molecule has 0 amide bonds. The van der Waals surface area contributed by atoms with E-state index in [1.165, 1.54) is 31.7 Å². The topological polar surface area (TPSA) is 77.3 Å². The highest BCUT2D eigenvalue weighted by Gasteiger charge is 2.32. The fourth-order valence-corrected chi connectivity index (χ4v) is 10.9. The van der Waals surface area contributed by atoms with E-state index in [4.69, 9.17) is 29.9 Å². The van der Waals surface area contributed by atoms with Gasteiger partial charge in [-0.25, -0.2) is 29.9 Å². The minimum Gasteiger partial charge on any atom is -0.208 e. The summed E-state index contributed by atoms with van der Waals surface area (Å²) >= 11 is 1.78. The first kappa shape index (κ1) is 38.9. The number of nitrogens with zero attached hydrogens (tertiary/aromatic N) is 6. The van der Waals surface area contributed by atoms with Crippen molar-refractivity contribution in [1.82, 2.24) is 29.9 Å². The minimum atomic E-state index is 0.280. The summed E-state index contributed by atoms with van der Waals surface area (Å²) in [6, 6.07) is 67.7. The predicted molar refractivity (Wildman–Crippen MR) is 273 cm³/mol. The second kappa shape index (κ2) is 16.2. The van der Waals surface area contributed by atoms with Crippen molar-refractivity contribution in [3.05, 3.63) is 230 Å². The summed E-state index contributed by atoms with van der Waals surface area (Å²) in [6.45, 7) is 0. The molecule has 7 heteroatoms. The van der Waals surface area contributed by atoms with Crippen LogP contribution in [0.4, 0.5) is 0 Å². The Morgan fingerprint density at radius 2 is 0.761 bits per heavy atom. The van der Waals surface area contributed by atoms with E-state index in [-0.39, 0.29) is 5.92 Å². The van der Waals surface area contributed by atoms with Crippen LogP contribution in [0.15, 0.2) is 218 Å². The van der Waals surface area contributed by atoms with Crippen LogP contribution in [0.25, 0.3) is 111 Å². The third-order valence-electron chi connectivity index (χ3n) is 13.0. The molecule has 0 fully saturated rings. The number of benzene rings is 8. The standard InChI is InChI=1S/C60H38N6S/c1-4-16-37(17-5-1)55-62-58(64-59(63-55)43-30-32-48-46-26-11-10-24-44(46)45-25-12-13-27-47(45)50(48)36-43)42-23-14-22-40(34-42)41-31-33-52-51(35-41)54-49(28-15-29-53(54)67-52)60-65-56(38-18-6-2-7-19-38)61-57(66-60)39-20-8-3-9-21-39/h1-36,44,46H. The van der Waals surface area contributed by atoms with Gasteiger partial charge in [0.25, 0.3) is 0 Å². The summed E-state index contributed by atoms with van der Waals surface area (Å²) in [6.07, 6.45) is 9.00. The SMILES string of the molecule is C1=CC2c3ccccc3-c3cc(-c4nc(-c5ccccc5)nc(-c5cccc(-c6ccc7sc8cccc(-c9nc(-c%10ccccc%10)nc(-c%10ccccc%10)n9)c8c7c6)c5)n4)ccc3C2C=C1. The van der Waals surface area contributed by atoms with E-state index < -0.39 is 0 Å². The molecule has 0 N–H and O–H groups in total. The number of allylic oxidation sites excluding steroid dienone is 4. The molecule has 3 heterocycles. The molecule has 11 aromatic rings. The van der Waals surface area contributed by atoms with Crippen LogP contribution in [0, 0.1) is 0 Å². The first-order valence-electron chi connectivity index (χ1n) is 22.5. The van der Waals surface area contributed by atoms with Crippen molar-refractivity contribution >= 4 is 31.5 Å². The first-order chi connectivity index (χ1) is 33.2. The molecule has 2 aliphatic carbocycles. The zero-order valence-electron chi connectivity index (χ0n) is 36.0. The summed E-state index contributed by atoms with van der Waals surface area (Å²) in [5, 5.41) is 2.27. The second-order valence-electron chi connectivity index (χ2n) is 17.0. The quantitative estimate of drug-likeness (QED) is 0.159. The van der Waals surface area contributed by atoms with E-state index in [0.29, 0.717) is 40.9 Å². The average Bonchev–Trinajstić information content (AvgIpc) is 3.80. The number of fused-ring (bicyclic) bond motifs is 9. The lowest BCUT2D eigenvalue weighted by Gasteiger charge is -2.34. The highest BCUT2D eigenvalue weighted by molar-refractivity contribution is 7.26. The summed E-state index contributed by atoms with van der Waals surface area (Å²) in [5.74, 6) is 4.40. The van der Waals surface area contributed by atoms with Gasteiger partial charge in [-0.05, 0) is 63.7 Å². The molecular weight excluding hydrogens is 837 g/mol. The molecule has 2 atom stereocenters. The third-order valence-corrected chi connectivity index (χ3v) is 14.1. The Morgan fingerprint density at radius 1 is 0.299 bits per heavy atom. The van der Waals surface area contributed by atoms with Crippen LogP contribution in [0.3, 0.4) is 0 Å². The van der Waals surface area contributed by atoms with Gasteiger partial charge in [0.15, 0.2) is 34.9 Å². The van der Waals surface area contributed by atoms with Gasteiger partial charge < -0.3 is 0 Å². The van der Waals surface area contributed by atoms with Gasteiger partial charge in [-0.2, -0.15) is 0 Å². The average molecular weight is 875 g/mol. The molecule has 0 aliphatic heterocycles. The van der Waals surface area contributed by atoms with Crippen molar-refractivity contribution in [2.45, 2.75) is 11.8 Å². The van der Waals surface area contributed by atoms with Crippen molar-refractivity contribution in [3.8, 4) is 90.6 Å². The molecule has 0 radical (unpaired) electrons. The van der Waals surface area contributed by atoms with Crippen LogP contribution in [0.1, 0.15) is 23.0 Å². The van der Waals surface area contributed by atoms with E-state index in [0.717, 1.165) is 55.3 Å². The molecule has 2 unspecified atom stereocenters. The lowest BCUT2D eigenvalue weighted by molar-refractivity contribution is 0.720. The molecule has 8 aromatic carbocycles. The number of aromatic nitrogens is 6. The zero-order valence-corrected chi connectivity index (χ0v) is 36.8. The van der Waals surface area contributed by atoms with Crippen LogP contribution in [0.5, 0.6) is 0 Å². The lowest BCUT2D eigenvalue weighted by Crippen LogP contribution is -2.16. The fraction of sp³-hybridized carbons (Fsp3) is 0.0333. The van der Waals surface area contributed by atoms with Crippen LogP contribution in [0.2, 0.25) is 0 Å². The highest BCUT2D eigenvalue weighted by Crippen LogP contribution is 2.50. The van der Waals surface area contributed by atoms with Gasteiger partial charge in [-0.3, -0.25) is 0 Å². The maximum Gasteiger partial charge on any atom is 0.164 e. The third kappa shape index (κ3) is 6.96. The molecule has 13 rings (SSSR count). The lowest BCUT2D eigenvalue weighted by atomic mass is 9.70. The molecule has 314 valence electrons. The Labute approximate surface area is 391 Å². The Morgan fingerprint density at radius 3 is 1.40 bits per heavy atom. The summed E-state index contributed by atoms with van der Waals surface area (Å²) in [4.78, 5) is 30.7. The van der Waals surface area contributed by atoms with E-state index >= 15 is 0 Å². The number of hydrogen-bond donors (Lipinski definition) is 0. The van der Waals surface area contributed by atoms with Crippen molar-refractivity contribution < 1.29 is 0 Å². The predicted octanol–water partition coefficient (Wildman–Crippen LogP) is 15.1. The van der Waals surface area contributed by atoms with E-state index in [9.17, 15) is 0 Å². The smallest absolute Gasteiger partial charge is 0.164 e. The van der Waals surface area contributed by atoms with Gasteiger partial charge in [0, 0.05) is 65.4 Å². The maximum atomic E-state index is 5.24. The van der Waals surface area contributed by atoms with E-state index in [1.807, 2.05) is 78.9 Å². The first-order valence-corrected chi connectivity index (χ1v) is 23.3. The summed E-state index contributed by atoms with van der Waals surface area (Å²) < 4.78 is 2.36. The largest absolute Gasteiger partial charge is 0.208 e. The number of rotatable bonds is 7. The summed E-state index contributed by atoms with van der Waals surface area (Å²) in [7, 11) is 0.